The SMILES string of the molecule is Nc1nc(/C(=N/O)C(=O)NC2C(=O)N3C(C(=O)O)=C(Sc4ccc(Cl)nn4)CCC23)c(Cl)s1. The molecule has 0 bridgehead atoms. The highest BCUT2D eigenvalue weighted by Crippen LogP contribution is 2.42. The summed E-state index contributed by atoms with van der Waals surface area (Å²) in [6.07, 6.45) is 0.708. The third-order valence-corrected chi connectivity index (χ3v) is 7.21. The summed E-state index contributed by atoms with van der Waals surface area (Å²) in [5.41, 5.74) is 4.73. The molecule has 2 unspecified atom stereocenters. The van der Waals surface area contributed by atoms with E-state index in [-0.39, 0.29) is 26.0 Å². The molecule has 5 N–H and O–H groups in total. The molecule has 0 spiro atoms. The van der Waals surface area contributed by atoms with Gasteiger partial charge in [-0.2, -0.15) is 0 Å². The molecule has 1 saturated heterocycles. The molecule has 2 aromatic heterocycles. The van der Waals surface area contributed by atoms with Crippen LogP contribution in [0.2, 0.25) is 9.49 Å². The summed E-state index contributed by atoms with van der Waals surface area (Å²) in [7, 11) is 0. The Labute approximate surface area is 203 Å². The van der Waals surface area contributed by atoms with Crippen LogP contribution < -0.4 is 11.1 Å². The molecule has 2 atom stereocenters. The number of nitrogen functional groups attached to an aromatic ring is 1. The molecule has 0 aliphatic carbocycles. The summed E-state index contributed by atoms with van der Waals surface area (Å²) in [4.78, 5) is 42.8. The van der Waals surface area contributed by atoms with Crippen molar-refractivity contribution in [3.05, 3.63) is 37.9 Å². The van der Waals surface area contributed by atoms with Crippen LogP contribution in [0.3, 0.4) is 0 Å². The molecular formula is C17H13Cl2N7O5S2. The predicted octanol–water partition coefficient (Wildman–Crippen LogP) is 1.58. The fraction of sp³-hybridized carbons (Fsp3) is 0.235. The number of rotatable bonds is 6. The minimum atomic E-state index is -1.29. The van der Waals surface area contributed by atoms with E-state index in [1.807, 2.05) is 0 Å². The lowest BCUT2D eigenvalue weighted by Crippen LogP contribution is -2.72. The number of nitrogens with zero attached hydrogens (tertiary/aromatic N) is 5. The molecule has 4 rings (SSSR count). The third-order valence-electron chi connectivity index (χ3n) is 4.86. The number of carbonyl (C=O) groups is 3. The molecule has 16 heteroatoms. The number of nitrogens with two attached hydrogens (primary N) is 1. The number of carboxylic acids is 1. The number of thiazole rings is 1. The number of halogens is 2. The molecule has 4 heterocycles. The second-order valence-corrected chi connectivity index (χ2v) is 9.90. The summed E-state index contributed by atoms with van der Waals surface area (Å²) in [5.74, 6) is -2.81. The molecule has 12 nitrogen and oxygen atoms in total. The van der Waals surface area contributed by atoms with Crippen LogP contribution in [0.15, 0.2) is 32.9 Å². The van der Waals surface area contributed by atoms with Gasteiger partial charge in [-0.25, -0.2) is 9.78 Å². The Morgan fingerprint density at radius 1 is 1.33 bits per heavy atom. The summed E-state index contributed by atoms with van der Waals surface area (Å²) >= 11 is 13.7. The number of oxime groups is 1. The Morgan fingerprint density at radius 3 is 2.67 bits per heavy atom. The normalized spacial score (nSPS) is 20.4. The molecule has 33 heavy (non-hydrogen) atoms. The Kier molecular flexibility index (Phi) is 6.43. The van der Waals surface area contributed by atoms with E-state index in [2.05, 4.69) is 25.7 Å². The number of aromatic nitrogens is 3. The van der Waals surface area contributed by atoms with Crippen molar-refractivity contribution in [2.45, 2.75) is 30.0 Å². The molecule has 2 aromatic rings. The van der Waals surface area contributed by atoms with E-state index in [1.165, 1.54) is 6.07 Å². The molecule has 2 aliphatic heterocycles. The second kappa shape index (κ2) is 9.13. The van der Waals surface area contributed by atoms with Gasteiger partial charge in [0.25, 0.3) is 11.8 Å². The zero-order valence-corrected chi connectivity index (χ0v) is 19.4. The summed E-state index contributed by atoms with van der Waals surface area (Å²) in [6.45, 7) is 0. The number of allylic oxidation sites excluding steroid dienone is 1. The minimum absolute atomic E-state index is 0.0396. The van der Waals surface area contributed by atoms with Gasteiger partial charge >= 0.3 is 5.97 Å². The fourth-order valence-electron chi connectivity index (χ4n) is 3.49. The standard InChI is InChI=1S/C17H13Cl2N7O5S2/c18-7-3-4-8(24-23-7)32-6-2-1-5-9(15(28)26(5)12(6)16(29)30)21-14(27)11(25-31)10-13(19)33-17(20)22-10/h3-5,9,31H,1-2H2,(H2,20,22)(H,21,27)(H,29,30)/b25-11-. The van der Waals surface area contributed by atoms with Gasteiger partial charge in [-0.15, -0.1) is 10.2 Å². The maximum absolute atomic E-state index is 12.8. The van der Waals surface area contributed by atoms with Crippen molar-refractivity contribution in [1.29, 1.82) is 0 Å². The van der Waals surface area contributed by atoms with Crippen LogP contribution >= 0.6 is 46.3 Å². The van der Waals surface area contributed by atoms with Crippen molar-refractivity contribution >= 4 is 74.9 Å². The van der Waals surface area contributed by atoms with Crippen molar-refractivity contribution < 1.29 is 24.7 Å². The quantitative estimate of drug-likeness (QED) is 0.185. The maximum Gasteiger partial charge on any atom is 0.353 e. The van der Waals surface area contributed by atoms with E-state index in [9.17, 15) is 24.7 Å². The number of nitrogens with one attached hydrogen (secondary N) is 1. The molecule has 1 fully saturated rings. The van der Waals surface area contributed by atoms with Crippen LogP contribution in [0.25, 0.3) is 0 Å². The zero-order valence-electron chi connectivity index (χ0n) is 16.2. The summed E-state index contributed by atoms with van der Waals surface area (Å²) < 4.78 is 0.0396. The minimum Gasteiger partial charge on any atom is -0.477 e. The number of fused-ring (bicyclic) bond motifs is 1. The number of anilines is 1. The first-order valence-corrected chi connectivity index (χ1v) is 11.5. The number of carboxylic acid groups (broad SMARTS) is 1. The molecule has 0 aromatic carbocycles. The van der Waals surface area contributed by atoms with E-state index in [0.29, 0.717) is 22.8 Å². The average Bonchev–Trinajstić information content (AvgIpc) is 3.11. The Bertz CT molecular complexity index is 1220. The van der Waals surface area contributed by atoms with Crippen LogP contribution in [0.4, 0.5) is 5.13 Å². The predicted molar refractivity (Wildman–Crippen MR) is 119 cm³/mol. The number of hydrogen-bond donors (Lipinski definition) is 4. The van der Waals surface area contributed by atoms with Crippen molar-refractivity contribution in [3.8, 4) is 0 Å². The number of amides is 2. The zero-order chi connectivity index (χ0) is 23.9. The maximum atomic E-state index is 12.8. The lowest BCUT2D eigenvalue weighted by Gasteiger charge is -2.50. The van der Waals surface area contributed by atoms with Gasteiger partial charge in [0.1, 0.15) is 26.8 Å². The van der Waals surface area contributed by atoms with Crippen LogP contribution in [0.5, 0.6) is 0 Å². The van der Waals surface area contributed by atoms with Gasteiger partial charge in [-0.3, -0.25) is 14.5 Å². The Morgan fingerprint density at radius 2 is 2.09 bits per heavy atom. The Balaban J connectivity index is 1.53. The van der Waals surface area contributed by atoms with Crippen molar-refractivity contribution in [1.82, 2.24) is 25.4 Å². The van der Waals surface area contributed by atoms with E-state index in [4.69, 9.17) is 28.9 Å². The highest BCUT2D eigenvalue weighted by atomic mass is 35.5. The highest BCUT2D eigenvalue weighted by Gasteiger charge is 2.54. The van der Waals surface area contributed by atoms with Gasteiger partial charge in [-0.05, 0) is 25.0 Å². The van der Waals surface area contributed by atoms with Crippen molar-refractivity contribution in [2.24, 2.45) is 5.16 Å². The van der Waals surface area contributed by atoms with Gasteiger partial charge in [0.05, 0.1) is 6.04 Å². The lowest BCUT2D eigenvalue weighted by molar-refractivity contribution is -0.155. The molecule has 0 saturated carbocycles. The first-order valence-electron chi connectivity index (χ1n) is 9.13. The van der Waals surface area contributed by atoms with Crippen molar-refractivity contribution in [3.63, 3.8) is 0 Å². The van der Waals surface area contributed by atoms with Gasteiger partial charge < -0.3 is 21.4 Å². The van der Waals surface area contributed by atoms with E-state index < -0.39 is 35.6 Å². The van der Waals surface area contributed by atoms with Gasteiger partial charge in [-0.1, -0.05) is 51.5 Å². The monoisotopic (exact) mass is 529 g/mol. The summed E-state index contributed by atoms with van der Waals surface area (Å²) in [6, 6.07) is 1.50. The van der Waals surface area contributed by atoms with Crippen LogP contribution in [0.1, 0.15) is 18.5 Å². The fourth-order valence-corrected chi connectivity index (χ4v) is 5.49. The number of aliphatic carboxylic acids is 1. The summed E-state index contributed by atoms with van der Waals surface area (Å²) in [5, 5.41) is 32.7. The number of thioether (sulfide) groups is 1. The van der Waals surface area contributed by atoms with Crippen LogP contribution in [0, 0.1) is 0 Å². The van der Waals surface area contributed by atoms with E-state index >= 15 is 0 Å². The molecular weight excluding hydrogens is 517 g/mol. The molecule has 2 amide bonds. The van der Waals surface area contributed by atoms with E-state index in [0.717, 1.165) is 28.0 Å². The smallest absolute Gasteiger partial charge is 0.353 e. The van der Waals surface area contributed by atoms with Crippen LogP contribution in [-0.2, 0) is 14.4 Å². The first-order chi connectivity index (χ1) is 15.7. The molecule has 172 valence electrons. The van der Waals surface area contributed by atoms with Gasteiger partial charge in [0.2, 0.25) is 0 Å². The topological polar surface area (TPSA) is 184 Å². The third kappa shape index (κ3) is 4.34. The molecule has 2 aliphatic rings. The molecule has 0 radical (unpaired) electrons. The lowest BCUT2D eigenvalue weighted by atomic mass is 9.86. The van der Waals surface area contributed by atoms with E-state index in [1.54, 1.807) is 6.07 Å². The van der Waals surface area contributed by atoms with Gasteiger partial charge in [0, 0.05) is 4.91 Å². The largest absolute Gasteiger partial charge is 0.477 e. The second-order valence-electron chi connectivity index (χ2n) is 6.76. The van der Waals surface area contributed by atoms with Crippen molar-refractivity contribution in [2.75, 3.05) is 5.73 Å². The first kappa shape index (κ1) is 23.2. The Hall–Kier alpha value is -2.94. The number of β-lactam (4-membered cyclic amide) rings is 1. The van der Waals surface area contributed by atoms with Crippen LogP contribution in [-0.4, -0.2) is 66.0 Å². The highest BCUT2D eigenvalue weighted by molar-refractivity contribution is 8.03. The van der Waals surface area contributed by atoms with Gasteiger partial charge in [0.15, 0.2) is 16.0 Å². The average molecular weight is 530 g/mol. The number of hydrogen-bond acceptors (Lipinski definition) is 11. The number of carbonyl (C=O) groups excluding carboxylic acids is 2.